The highest BCUT2D eigenvalue weighted by molar-refractivity contribution is 6.04. The van der Waals surface area contributed by atoms with Crippen LogP contribution in [0.5, 0.6) is 0 Å². The predicted octanol–water partition coefficient (Wildman–Crippen LogP) is 5.74. The number of rotatable bonds is 8. The van der Waals surface area contributed by atoms with Crippen LogP contribution in [-0.4, -0.2) is 38.2 Å². The van der Waals surface area contributed by atoms with E-state index in [-0.39, 0.29) is 17.4 Å². The standard InChI is InChI=1S/C29H32N6O4/c1-17-25(19(3)38-33-17)22-12-15-24(30-16-22)31-23-13-10-21(11-14-23)28(36)27(20-8-6-4-5-7-9-20)32-29(37)26-18(2)34-39-35-26/h10-16,20,27H,4-9H2,1-3H3,(H,30,31)(H,32,37)/t27-/m0/s1. The number of aryl methyl sites for hydroxylation is 3. The number of amides is 1. The van der Waals surface area contributed by atoms with Crippen LogP contribution >= 0.6 is 0 Å². The van der Waals surface area contributed by atoms with E-state index in [9.17, 15) is 9.59 Å². The van der Waals surface area contributed by atoms with Crippen molar-refractivity contribution in [1.29, 1.82) is 0 Å². The lowest BCUT2D eigenvalue weighted by atomic mass is 9.86. The van der Waals surface area contributed by atoms with Gasteiger partial charge in [0, 0.05) is 28.6 Å². The minimum atomic E-state index is -0.649. The smallest absolute Gasteiger partial charge is 0.276 e. The van der Waals surface area contributed by atoms with Crippen LogP contribution in [0.4, 0.5) is 11.5 Å². The number of anilines is 2. The maximum Gasteiger partial charge on any atom is 0.276 e. The van der Waals surface area contributed by atoms with E-state index < -0.39 is 11.9 Å². The molecular weight excluding hydrogens is 496 g/mol. The third-order valence-electron chi connectivity index (χ3n) is 7.34. The van der Waals surface area contributed by atoms with Crippen LogP contribution in [0.2, 0.25) is 0 Å². The van der Waals surface area contributed by atoms with Gasteiger partial charge in [0.2, 0.25) is 0 Å². The molecule has 0 spiro atoms. The first kappa shape index (κ1) is 26.3. The van der Waals surface area contributed by atoms with Gasteiger partial charge >= 0.3 is 0 Å². The fraction of sp³-hybridized carbons (Fsp3) is 0.379. The molecule has 0 radical (unpaired) electrons. The van der Waals surface area contributed by atoms with E-state index in [1.165, 1.54) is 0 Å². The Kier molecular flexibility index (Phi) is 7.81. The molecule has 1 amide bonds. The number of nitrogens with one attached hydrogen (secondary N) is 2. The zero-order valence-corrected chi connectivity index (χ0v) is 22.4. The van der Waals surface area contributed by atoms with Crippen molar-refractivity contribution in [1.82, 2.24) is 25.8 Å². The Hall–Kier alpha value is -4.34. The van der Waals surface area contributed by atoms with E-state index in [1.54, 1.807) is 25.3 Å². The van der Waals surface area contributed by atoms with Crippen molar-refractivity contribution in [3.8, 4) is 11.1 Å². The molecule has 1 fully saturated rings. The average Bonchev–Trinajstić information content (AvgIpc) is 3.40. The molecule has 4 aromatic rings. The van der Waals surface area contributed by atoms with E-state index in [0.29, 0.717) is 17.1 Å². The van der Waals surface area contributed by atoms with Gasteiger partial charge in [0.05, 0.1) is 11.7 Å². The molecule has 1 aliphatic carbocycles. The summed E-state index contributed by atoms with van der Waals surface area (Å²) in [4.78, 5) is 31.2. The number of benzene rings is 1. The number of pyridine rings is 1. The van der Waals surface area contributed by atoms with Gasteiger partial charge in [-0.15, -0.1) is 0 Å². The number of carbonyl (C=O) groups excluding carboxylic acids is 2. The summed E-state index contributed by atoms with van der Waals surface area (Å²) < 4.78 is 9.95. The molecule has 3 heterocycles. The van der Waals surface area contributed by atoms with Gasteiger partial charge in [0.15, 0.2) is 11.5 Å². The normalized spacial score (nSPS) is 14.9. The number of carbonyl (C=O) groups is 2. The van der Waals surface area contributed by atoms with E-state index in [4.69, 9.17) is 9.15 Å². The first-order chi connectivity index (χ1) is 18.9. The highest BCUT2D eigenvalue weighted by Gasteiger charge is 2.32. The molecule has 1 saturated carbocycles. The summed E-state index contributed by atoms with van der Waals surface area (Å²) in [7, 11) is 0. The molecule has 5 rings (SSSR count). The molecule has 1 aromatic carbocycles. The molecule has 0 aliphatic heterocycles. The Balaban J connectivity index is 1.30. The number of ketones is 1. The second-order valence-corrected chi connectivity index (χ2v) is 10.1. The molecule has 1 atom stereocenters. The number of aromatic nitrogens is 4. The highest BCUT2D eigenvalue weighted by Crippen LogP contribution is 2.29. The molecule has 3 aromatic heterocycles. The Labute approximate surface area is 226 Å². The Bertz CT molecular complexity index is 1410. The zero-order chi connectivity index (χ0) is 27.4. The number of hydrogen-bond donors (Lipinski definition) is 2. The second kappa shape index (κ2) is 11.6. The van der Waals surface area contributed by atoms with Gasteiger partial charge in [-0.05, 0) is 81.1 Å². The fourth-order valence-corrected chi connectivity index (χ4v) is 5.24. The van der Waals surface area contributed by atoms with Crippen molar-refractivity contribution in [3.05, 3.63) is 71.0 Å². The van der Waals surface area contributed by atoms with Gasteiger partial charge in [0.1, 0.15) is 17.3 Å². The van der Waals surface area contributed by atoms with E-state index in [0.717, 1.165) is 66.8 Å². The van der Waals surface area contributed by atoms with Crippen molar-refractivity contribution in [2.75, 3.05) is 5.32 Å². The van der Waals surface area contributed by atoms with E-state index >= 15 is 0 Å². The predicted molar refractivity (Wildman–Crippen MR) is 145 cm³/mol. The van der Waals surface area contributed by atoms with Crippen LogP contribution in [0.1, 0.15) is 76.5 Å². The van der Waals surface area contributed by atoms with Crippen molar-refractivity contribution >= 4 is 23.2 Å². The fourth-order valence-electron chi connectivity index (χ4n) is 5.24. The lowest BCUT2D eigenvalue weighted by Gasteiger charge is -2.26. The molecule has 2 N–H and O–H groups in total. The number of nitrogens with zero attached hydrogens (tertiary/aromatic N) is 4. The van der Waals surface area contributed by atoms with Gasteiger partial charge in [0.25, 0.3) is 5.91 Å². The minimum Gasteiger partial charge on any atom is -0.361 e. The van der Waals surface area contributed by atoms with Gasteiger partial charge in [-0.2, -0.15) is 0 Å². The third kappa shape index (κ3) is 5.89. The van der Waals surface area contributed by atoms with Crippen LogP contribution in [0.15, 0.2) is 51.7 Å². The summed E-state index contributed by atoms with van der Waals surface area (Å²) in [6, 6.07) is 10.4. The van der Waals surface area contributed by atoms with Gasteiger partial charge in [-0.1, -0.05) is 36.0 Å². The quantitative estimate of drug-likeness (QED) is 0.217. The molecular formula is C29H32N6O4. The third-order valence-corrected chi connectivity index (χ3v) is 7.34. The Morgan fingerprint density at radius 2 is 1.64 bits per heavy atom. The molecule has 202 valence electrons. The monoisotopic (exact) mass is 528 g/mol. The average molecular weight is 529 g/mol. The lowest BCUT2D eigenvalue weighted by Crippen LogP contribution is -2.46. The maximum atomic E-state index is 13.7. The molecule has 0 saturated heterocycles. The molecule has 39 heavy (non-hydrogen) atoms. The Morgan fingerprint density at radius 3 is 2.23 bits per heavy atom. The van der Waals surface area contributed by atoms with Crippen LogP contribution < -0.4 is 10.6 Å². The minimum absolute atomic E-state index is 0.0577. The maximum absolute atomic E-state index is 13.7. The first-order valence-electron chi connectivity index (χ1n) is 13.3. The lowest BCUT2D eigenvalue weighted by molar-refractivity contribution is 0.0808. The topological polar surface area (TPSA) is 136 Å². The first-order valence-corrected chi connectivity index (χ1v) is 13.3. The van der Waals surface area contributed by atoms with Gasteiger partial charge < -0.3 is 15.2 Å². The summed E-state index contributed by atoms with van der Waals surface area (Å²) in [6.45, 7) is 5.43. The van der Waals surface area contributed by atoms with Gasteiger partial charge in [-0.3, -0.25) is 9.59 Å². The van der Waals surface area contributed by atoms with Crippen LogP contribution in [0.25, 0.3) is 11.1 Å². The molecule has 10 heteroatoms. The van der Waals surface area contributed by atoms with Crippen LogP contribution in [0, 0.1) is 26.7 Å². The van der Waals surface area contributed by atoms with E-state index in [1.807, 2.05) is 38.1 Å². The van der Waals surface area contributed by atoms with Crippen molar-refractivity contribution in [2.24, 2.45) is 5.92 Å². The van der Waals surface area contributed by atoms with Crippen LogP contribution in [0.3, 0.4) is 0 Å². The van der Waals surface area contributed by atoms with Crippen LogP contribution in [-0.2, 0) is 0 Å². The zero-order valence-electron chi connectivity index (χ0n) is 22.4. The van der Waals surface area contributed by atoms with Crippen molar-refractivity contribution in [2.45, 2.75) is 65.3 Å². The van der Waals surface area contributed by atoms with Crippen molar-refractivity contribution < 1.29 is 18.7 Å². The van der Waals surface area contributed by atoms with E-state index in [2.05, 4.69) is 31.1 Å². The molecule has 10 nitrogen and oxygen atoms in total. The summed E-state index contributed by atoms with van der Waals surface area (Å²) in [5.41, 5.74) is 4.53. The highest BCUT2D eigenvalue weighted by atomic mass is 16.6. The second-order valence-electron chi connectivity index (χ2n) is 10.1. The Morgan fingerprint density at radius 1 is 0.897 bits per heavy atom. The number of Topliss-reactive ketones (excluding diaryl/α,β-unsaturated/α-hetero) is 1. The SMILES string of the molecule is Cc1nonc1C(=O)N[C@H](C(=O)c1ccc(Nc2ccc(-c3c(C)noc3C)cn2)cc1)C1CCCCCC1. The summed E-state index contributed by atoms with van der Waals surface area (Å²) in [5.74, 6) is 0.923. The number of hydrogen-bond acceptors (Lipinski definition) is 9. The summed E-state index contributed by atoms with van der Waals surface area (Å²) in [5, 5.41) is 17.6. The molecule has 0 bridgehead atoms. The van der Waals surface area contributed by atoms with Crippen molar-refractivity contribution in [3.63, 3.8) is 0 Å². The summed E-state index contributed by atoms with van der Waals surface area (Å²) in [6.07, 6.45) is 7.93. The largest absolute Gasteiger partial charge is 0.361 e. The van der Waals surface area contributed by atoms with Gasteiger partial charge in [-0.25, -0.2) is 9.61 Å². The summed E-state index contributed by atoms with van der Waals surface area (Å²) >= 11 is 0. The molecule has 0 unspecified atom stereocenters. The molecule has 1 aliphatic rings.